The maximum atomic E-state index is 13.3. The first-order valence-corrected chi connectivity index (χ1v) is 10.8. The van der Waals surface area contributed by atoms with Crippen molar-refractivity contribution in [3.63, 3.8) is 0 Å². The second-order valence-corrected chi connectivity index (χ2v) is 9.88. The predicted octanol–water partition coefficient (Wildman–Crippen LogP) is 3.40. The van der Waals surface area contributed by atoms with Crippen LogP contribution in [0, 0.1) is 25.2 Å². The molecule has 0 amide bonds. The maximum absolute atomic E-state index is 13.3. The van der Waals surface area contributed by atoms with Gasteiger partial charge in [-0.25, -0.2) is 13.4 Å². The molecule has 2 aliphatic rings. The van der Waals surface area contributed by atoms with Crippen LogP contribution in [-0.2, 0) is 14.8 Å². The standard InChI is InChI=1S/C20H26N2O4S/c1-14-7-8-16(19-21-15(2)10-26-19)9-18(14)27(23,24)22-11-20(12-22,13-25-3)17-5-4-6-17/h7-10,17H,4-6,11-13H2,1-3H3. The van der Waals surface area contributed by atoms with Crippen LogP contribution in [0.5, 0.6) is 0 Å². The largest absolute Gasteiger partial charge is 0.444 e. The number of sulfonamides is 1. The van der Waals surface area contributed by atoms with Gasteiger partial charge in [0.2, 0.25) is 15.9 Å². The molecule has 0 bridgehead atoms. The van der Waals surface area contributed by atoms with Crippen molar-refractivity contribution < 1.29 is 17.6 Å². The van der Waals surface area contributed by atoms with Crippen LogP contribution in [0.15, 0.2) is 33.8 Å². The van der Waals surface area contributed by atoms with Gasteiger partial charge in [0.25, 0.3) is 0 Å². The molecule has 0 unspecified atom stereocenters. The van der Waals surface area contributed by atoms with E-state index in [1.807, 2.05) is 26.0 Å². The maximum Gasteiger partial charge on any atom is 0.243 e. The quantitative estimate of drug-likeness (QED) is 0.756. The summed E-state index contributed by atoms with van der Waals surface area (Å²) in [5.74, 6) is 1.02. The summed E-state index contributed by atoms with van der Waals surface area (Å²) in [6.45, 7) is 5.36. The molecule has 4 rings (SSSR count). The number of benzene rings is 1. The van der Waals surface area contributed by atoms with E-state index in [9.17, 15) is 8.42 Å². The Hall–Kier alpha value is -1.70. The van der Waals surface area contributed by atoms with E-state index in [-0.39, 0.29) is 5.41 Å². The SMILES string of the molecule is COCC1(C2CCC2)CN(S(=O)(=O)c2cc(-c3nc(C)co3)ccc2C)C1. The molecular weight excluding hydrogens is 364 g/mol. The van der Waals surface area contributed by atoms with Crippen LogP contribution in [0.4, 0.5) is 0 Å². The van der Waals surface area contributed by atoms with Gasteiger partial charge in [-0.15, -0.1) is 0 Å². The Labute approximate surface area is 160 Å². The van der Waals surface area contributed by atoms with Gasteiger partial charge < -0.3 is 9.15 Å². The number of rotatable bonds is 6. The summed E-state index contributed by atoms with van der Waals surface area (Å²) in [6.07, 6.45) is 5.15. The summed E-state index contributed by atoms with van der Waals surface area (Å²) in [5.41, 5.74) is 2.15. The van der Waals surface area contributed by atoms with Crippen molar-refractivity contribution in [3.8, 4) is 11.5 Å². The molecule has 1 aliphatic carbocycles. The average Bonchev–Trinajstić information content (AvgIpc) is 2.97. The van der Waals surface area contributed by atoms with E-state index in [1.165, 1.54) is 19.3 Å². The number of hydrogen-bond donors (Lipinski definition) is 0. The van der Waals surface area contributed by atoms with Gasteiger partial charge in [0.05, 0.1) is 17.2 Å². The van der Waals surface area contributed by atoms with Crippen molar-refractivity contribution in [3.05, 3.63) is 35.7 Å². The molecule has 0 radical (unpaired) electrons. The Bertz CT molecular complexity index is 941. The normalized spacial score (nSPS) is 20.3. The van der Waals surface area contributed by atoms with Crippen LogP contribution in [0.3, 0.4) is 0 Å². The molecule has 1 aromatic carbocycles. The van der Waals surface area contributed by atoms with Crippen molar-refractivity contribution in [2.45, 2.75) is 38.0 Å². The van der Waals surface area contributed by atoms with Crippen molar-refractivity contribution in [2.24, 2.45) is 11.3 Å². The van der Waals surface area contributed by atoms with Gasteiger partial charge in [-0.1, -0.05) is 12.5 Å². The third kappa shape index (κ3) is 3.11. The van der Waals surface area contributed by atoms with E-state index in [0.717, 1.165) is 11.3 Å². The highest BCUT2D eigenvalue weighted by atomic mass is 32.2. The van der Waals surface area contributed by atoms with Crippen LogP contribution >= 0.6 is 0 Å². The summed E-state index contributed by atoms with van der Waals surface area (Å²) in [5, 5.41) is 0. The number of aromatic nitrogens is 1. The fourth-order valence-corrected chi connectivity index (χ4v) is 6.12. The summed E-state index contributed by atoms with van der Waals surface area (Å²) in [4.78, 5) is 4.64. The minimum Gasteiger partial charge on any atom is -0.444 e. The Morgan fingerprint density at radius 2 is 2.04 bits per heavy atom. The summed E-state index contributed by atoms with van der Waals surface area (Å²) in [6, 6.07) is 5.34. The van der Waals surface area contributed by atoms with E-state index in [0.29, 0.717) is 42.0 Å². The Balaban J connectivity index is 1.61. The fraction of sp³-hybridized carbons (Fsp3) is 0.550. The highest BCUT2D eigenvalue weighted by Gasteiger charge is 2.54. The molecule has 0 N–H and O–H groups in total. The lowest BCUT2D eigenvalue weighted by Gasteiger charge is -2.55. The van der Waals surface area contributed by atoms with Gasteiger partial charge in [0.15, 0.2) is 0 Å². The number of hydrogen-bond acceptors (Lipinski definition) is 5. The molecule has 2 aromatic rings. The minimum absolute atomic E-state index is 0.0226. The van der Waals surface area contributed by atoms with Crippen molar-refractivity contribution in [1.29, 1.82) is 0 Å². The Morgan fingerprint density at radius 3 is 2.59 bits per heavy atom. The monoisotopic (exact) mass is 390 g/mol. The number of ether oxygens (including phenoxy) is 1. The molecule has 0 spiro atoms. The van der Waals surface area contributed by atoms with Gasteiger partial charge in [0.1, 0.15) is 6.26 Å². The first kappa shape index (κ1) is 18.7. The van der Waals surface area contributed by atoms with E-state index in [4.69, 9.17) is 9.15 Å². The van der Waals surface area contributed by atoms with Crippen LogP contribution in [0.2, 0.25) is 0 Å². The summed E-state index contributed by atoms with van der Waals surface area (Å²) in [7, 11) is -1.86. The molecule has 1 aliphatic heterocycles. The van der Waals surface area contributed by atoms with Crippen molar-refractivity contribution in [1.82, 2.24) is 9.29 Å². The second kappa shape index (κ2) is 6.72. The molecule has 2 fully saturated rings. The minimum atomic E-state index is -3.56. The predicted molar refractivity (Wildman–Crippen MR) is 102 cm³/mol. The lowest BCUT2D eigenvalue weighted by molar-refractivity contribution is -0.0801. The molecule has 1 saturated carbocycles. The smallest absolute Gasteiger partial charge is 0.243 e. The molecule has 27 heavy (non-hydrogen) atoms. The molecule has 1 aromatic heterocycles. The summed E-state index contributed by atoms with van der Waals surface area (Å²) < 4.78 is 39.0. The van der Waals surface area contributed by atoms with Crippen LogP contribution in [-0.4, -0.2) is 44.5 Å². The van der Waals surface area contributed by atoms with E-state index in [1.54, 1.807) is 23.7 Å². The number of aryl methyl sites for hydroxylation is 2. The molecule has 2 heterocycles. The Morgan fingerprint density at radius 1 is 1.30 bits per heavy atom. The van der Waals surface area contributed by atoms with Crippen LogP contribution in [0.25, 0.3) is 11.5 Å². The fourth-order valence-electron chi connectivity index (χ4n) is 4.24. The third-order valence-corrected chi connectivity index (χ3v) is 7.99. The number of methoxy groups -OCH3 is 1. The van der Waals surface area contributed by atoms with E-state index >= 15 is 0 Å². The highest BCUT2D eigenvalue weighted by Crippen LogP contribution is 2.49. The molecule has 6 nitrogen and oxygen atoms in total. The van der Waals surface area contributed by atoms with Crippen LogP contribution < -0.4 is 0 Å². The zero-order valence-electron chi connectivity index (χ0n) is 16.1. The first-order chi connectivity index (χ1) is 12.9. The molecule has 1 saturated heterocycles. The van der Waals surface area contributed by atoms with Crippen molar-refractivity contribution >= 4 is 10.0 Å². The summed E-state index contributed by atoms with van der Waals surface area (Å²) >= 11 is 0. The van der Waals surface area contributed by atoms with Gasteiger partial charge in [0, 0.05) is 31.2 Å². The lowest BCUT2D eigenvalue weighted by Crippen LogP contribution is -2.64. The van der Waals surface area contributed by atoms with E-state index in [2.05, 4.69) is 4.98 Å². The van der Waals surface area contributed by atoms with Gasteiger partial charge >= 0.3 is 0 Å². The molecular formula is C20H26N2O4S. The lowest BCUT2D eigenvalue weighted by atomic mass is 9.62. The van der Waals surface area contributed by atoms with Crippen molar-refractivity contribution in [2.75, 3.05) is 26.8 Å². The highest BCUT2D eigenvalue weighted by molar-refractivity contribution is 7.89. The third-order valence-electron chi connectivity index (χ3n) is 6.06. The Kier molecular flexibility index (Phi) is 4.64. The second-order valence-electron chi connectivity index (χ2n) is 7.97. The van der Waals surface area contributed by atoms with E-state index < -0.39 is 10.0 Å². The number of oxazole rings is 1. The van der Waals surface area contributed by atoms with Gasteiger partial charge in [-0.2, -0.15) is 4.31 Å². The zero-order valence-corrected chi connectivity index (χ0v) is 16.9. The zero-order chi connectivity index (χ0) is 19.2. The number of nitrogens with zero attached hydrogens (tertiary/aromatic N) is 2. The van der Waals surface area contributed by atoms with Gasteiger partial charge in [-0.05, 0) is 50.3 Å². The van der Waals surface area contributed by atoms with Gasteiger partial charge in [-0.3, -0.25) is 0 Å². The topological polar surface area (TPSA) is 72.6 Å². The molecule has 146 valence electrons. The average molecular weight is 391 g/mol. The molecule has 7 heteroatoms. The van der Waals surface area contributed by atoms with Crippen LogP contribution in [0.1, 0.15) is 30.5 Å². The first-order valence-electron chi connectivity index (χ1n) is 9.38. The molecule has 0 atom stereocenters.